The van der Waals surface area contributed by atoms with Crippen LogP contribution in [0.3, 0.4) is 0 Å². The molecule has 0 atom stereocenters. The Hall–Kier alpha value is -3.75. The average Bonchev–Trinajstić information content (AvgIpc) is 3.28. The highest BCUT2D eigenvalue weighted by atomic mass is 32.2. The summed E-state index contributed by atoms with van der Waals surface area (Å²) in [5.41, 5.74) is 7.27. The van der Waals surface area contributed by atoms with Crippen molar-refractivity contribution in [3.05, 3.63) is 93.9 Å². The van der Waals surface area contributed by atoms with Crippen molar-refractivity contribution in [2.45, 2.75) is 52.0 Å². The zero-order valence-electron chi connectivity index (χ0n) is 24.2. The molecule has 0 unspecified atom stereocenters. The molecule has 1 fully saturated rings. The number of carbonyl (C=O) groups excluding carboxylic acids is 1. The van der Waals surface area contributed by atoms with Crippen molar-refractivity contribution in [3.63, 3.8) is 0 Å². The van der Waals surface area contributed by atoms with Gasteiger partial charge in [0.05, 0.1) is 0 Å². The summed E-state index contributed by atoms with van der Waals surface area (Å²) in [6.45, 7) is 6.58. The number of carbonyl (C=O) groups is 1. The molecule has 0 radical (unpaired) electrons. The van der Waals surface area contributed by atoms with Crippen LogP contribution in [0.5, 0.6) is 0 Å². The summed E-state index contributed by atoms with van der Waals surface area (Å²) >= 11 is 0. The minimum atomic E-state index is -3.65. The van der Waals surface area contributed by atoms with Crippen LogP contribution >= 0.6 is 0 Å². The lowest BCUT2D eigenvalue weighted by Crippen LogP contribution is -2.50. The van der Waals surface area contributed by atoms with E-state index < -0.39 is 15.6 Å². The lowest BCUT2D eigenvalue weighted by atomic mass is 9.89. The summed E-state index contributed by atoms with van der Waals surface area (Å²) in [5, 5.41) is 7.38. The average molecular weight is 571 g/mol. The molecule has 2 N–H and O–H groups in total. The molecule has 214 valence electrons. The van der Waals surface area contributed by atoms with Gasteiger partial charge in [0.25, 0.3) is 5.91 Å². The molecule has 0 bridgehead atoms. The number of aliphatic imine (C=N–C) groups is 1. The molecular weight excluding hydrogens is 532 g/mol. The molecule has 3 aromatic rings. The van der Waals surface area contributed by atoms with E-state index in [0.29, 0.717) is 18.7 Å². The molecule has 2 aliphatic rings. The standard InChI is InChI=1S/C33H38N4O3S/c1-5-7-25-10-12-26(13-11-25)27-8-6-9-28(22-27)31-35-32(38)33(36-31)15-17-37(18-16-33)41(39,40)19-14-30-23(2)20-29(34-4)21-24(30)3/h6,8-14,19-22,34H,5,7,15-18H2,1-4H3,(H,35,36,38). The number of nitrogens with one attached hydrogen (secondary N) is 2. The number of amides is 1. The first-order valence-corrected chi connectivity index (χ1v) is 15.7. The molecule has 0 saturated carbocycles. The van der Waals surface area contributed by atoms with E-state index in [4.69, 9.17) is 4.99 Å². The number of sulfonamides is 1. The van der Waals surface area contributed by atoms with E-state index in [9.17, 15) is 13.2 Å². The summed E-state index contributed by atoms with van der Waals surface area (Å²) in [6.07, 6.45) is 4.52. The van der Waals surface area contributed by atoms with Crippen molar-refractivity contribution in [2.24, 2.45) is 4.99 Å². The molecule has 1 spiro atoms. The fourth-order valence-corrected chi connectivity index (χ4v) is 6.90. The largest absolute Gasteiger partial charge is 0.388 e. The van der Waals surface area contributed by atoms with Crippen LogP contribution in [0.4, 0.5) is 5.69 Å². The van der Waals surface area contributed by atoms with E-state index in [1.165, 1.54) is 15.3 Å². The molecule has 8 heteroatoms. The van der Waals surface area contributed by atoms with Gasteiger partial charge in [-0.1, -0.05) is 55.8 Å². The van der Waals surface area contributed by atoms with Crippen LogP contribution in [0.1, 0.15) is 54.0 Å². The molecule has 3 aromatic carbocycles. The molecule has 5 rings (SSSR count). The zero-order chi connectivity index (χ0) is 29.2. The Labute approximate surface area is 243 Å². The summed E-state index contributed by atoms with van der Waals surface area (Å²) in [5.74, 6) is 0.386. The van der Waals surface area contributed by atoms with E-state index in [2.05, 4.69) is 47.9 Å². The van der Waals surface area contributed by atoms with Crippen LogP contribution in [0, 0.1) is 13.8 Å². The monoisotopic (exact) mass is 570 g/mol. The second kappa shape index (κ2) is 11.6. The minimum absolute atomic E-state index is 0.162. The van der Waals surface area contributed by atoms with Gasteiger partial charge in [-0.2, -0.15) is 4.31 Å². The Balaban J connectivity index is 1.30. The lowest BCUT2D eigenvalue weighted by Gasteiger charge is -2.34. The maximum atomic E-state index is 13.2. The van der Waals surface area contributed by atoms with Crippen LogP contribution in [0.2, 0.25) is 0 Å². The van der Waals surface area contributed by atoms with E-state index in [0.717, 1.165) is 51.9 Å². The third-order valence-electron chi connectivity index (χ3n) is 8.14. The third kappa shape index (κ3) is 5.99. The molecule has 7 nitrogen and oxygen atoms in total. The van der Waals surface area contributed by atoms with Gasteiger partial charge in [-0.05, 0) is 90.8 Å². The van der Waals surface area contributed by atoms with Crippen LogP contribution < -0.4 is 10.6 Å². The first-order valence-electron chi connectivity index (χ1n) is 14.2. The highest BCUT2D eigenvalue weighted by Gasteiger charge is 2.47. The first kappa shape index (κ1) is 28.8. The first-order chi connectivity index (χ1) is 19.6. The molecule has 41 heavy (non-hydrogen) atoms. The minimum Gasteiger partial charge on any atom is -0.388 e. The smallest absolute Gasteiger partial charge is 0.253 e. The number of anilines is 1. The predicted molar refractivity (Wildman–Crippen MR) is 168 cm³/mol. The molecule has 0 aliphatic carbocycles. The number of rotatable bonds is 8. The summed E-state index contributed by atoms with van der Waals surface area (Å²) in [6, 6.07) is 20.6. The number of benzene rings is 3. The molecule has 2 aliphatic heterocycles. The van der Waals surface area contributed by atoms with Gasteiger partial charge in [0.2, 0.25) is 10.0 Å². The maximum absolute atomic E-state index is 13.2. The third-order valence-corrected chi connectivity index (χ3v) is 9.71. The summed E-state index contributed by atoms with van der Waals surface area (Å²) < 4.78 is 27.8. The van der Waals surface area contributed by atoms with Gasteiger partial charge in [-0.15, -0.1) is 0 Å². The fraction of sp³-hybridized carbons (Fsp3) is 0.333. The maximum Gasteiger partial charge on any atom is 0.253 e. The molecular formula is C33H38N4O3S. The van der Waals surface area contributed by atoms with E-state index in [1.54, 1.807) is 6.08 Å². The van der Waals surface area contributed by atoms with Crippen molar-refractivity contribution in [2.75, 3.05) is 25.5 Å². The Morgan fingerprint density at radius 1 is 0.976 bits per heavy atom. The number of hydrogen-bond acceptors (Lipinski definition) is 5. The molecule has 1 saturated heterocycles. The second-order valence-corrected chi connectivity index (χ2v) is 12.8. The van der Waals surface area contributed by atoms with Crippen molar-refractivity contribution in [3.8, 4) is 11.1 Å². The van der Waals surface area contributed by atoms with Crippen molar-refractivity contribution < 1.29 is 13.2 Å². The molecule has 1 amide bonds. The Bertz CT molecular complexity index is 1590. The highest BCUT2D eigenvalue weighted by molar-refractivity contribution is 7.92. The number of piperidine rings is 1. The normalized spacial score (nSPS) is 17.2. The lowest BCUT2D eigenvalue weighted by molar-refractivity contribution is -0.124. The van der Waals surface area contributed by atoms with E-state index in [1.807, 2.05) is 51.2 Å². The molecule has 2 heterocycles. The molecule has 0 aromatic heterocycles. The van der Waals surface area contributed by atoms with Crippen LogP contribution in [0.25, 0.3) is 17.2 Å². The SMILES string of the molecule is CCCc1ccc(-c2cccc(C3=NC4(CCN(S(=O)(=O)C=Cc5c(C)cc(NC)cc5C)CC4)C(=O)N3)c2)cc1. The van der Waals surface area contributed by atoms with Crippen molar-refractivity contribution in [1.29, 1.82) is 0 Å². The van der Waals surface area contributed by atoms with Gasteiger partial charge in [0.1, 0.15) is 11.4 Å². The number of nitrogens with zero attached hydrogens (tertiary/aromatic N) is 2. The Morgan fingerprint density at radius 2 is 1.63 bits per heavy atom. The van der Waals surface area contributed by atoms with Gasteiger partial charge >= 0.3 is 0 Å². The topological polar surface area (TPSA) is 90.9 Å². The van der Waals surface area contributed by atoms with Gasteiger partial charge in [0, 0.05) is 36.8 Å². The summed E-state index contributed by atoms with van der Waals surface area (Å²) in [4.78, 5) is 18.0. The van der Waals surface area contributed by atoms with Gasteiger partial charge in [-0.25, -0.2) is 8.42 Å². The number of hydrogen-bond donors (Lipinski definition) is 2. The number of amidine groups is 1. The Kier molecular flexibility index (Phi) is 8.16. The van der Waals surface area contributed by atoms with Crippen molar-refractivity contribution in [1.82, 2.24) is 9.62 Å². The fourth-order valence-electron chi connectivity index (χ4n) is 5.72. The van der Waals surface area contributed by atoms with Gasteiger partial charge in [0.15, 0.2) is 0 Å². The summed E-state index contributed by atoms with van der Waals surface area (Å²) in [7, 11) is -1.79. The quantitative estimate of drug-likeness (QED) is 0.365. The van der Waals surface area contributed by atoms with Gasteiger partial charge < -0.3 is 10.6 Å². The van der Waals surface area contributed by atoms with E-state index >= 15 is 0 Å². The van der Waals surface area contributed by atoms with Crippen molar-refractivity contribution >= 4 is 33.5 Å². The zero-order valence-corrected chi connectivity index (χ0v) is 25.0. The van der Waals surface area contributed by atoms with Crippen LogP contribution in [0.15, 0.2) is 71.1 Å². The van der Waals surface area contributed by atoms with Crippen LogP contribution in [-0.4, -0.2) is 50.1 Å². The Morgan fingerprint density at radius 3 is 2.27 bits per heavy atom. The van der Waals surface area contributed by atoms with Crippen LogP contribution in [-0.2, 0) is 21.2 Å². The highest BCUT2D eigenvalue weighted by Crippen LogP contribution is 2.33. The van der Waals surface area contributed by atoms with Gasteiger partial charge in [-0.3, -0.25) is 9.79 Å². The number of aryl methyl sites for hydroxylation is 3. The predicted octanol–water partition coefficient (Wildman–Crippen LogP) is 5.68. The second-order valence-electron chi connectivity index (χ2n) is 11.0. The van der Waals surface area contributed by atoms with E-state index in [-0.39, 0.29) is 19.0 Å².